The number of nitrogens with zero attached hydrogens (tertiary/aromatic N) is 1. The van der Waals surface area contributed by atoms with Crippen molar-refractivity contribution < 1.29 is 24.2 Å². The molecule has 0 fully saturated rings. The van der Waals surface area contributed by atoms with Gasteiger partial charge >= 0.3 is 17.8 Å². The van der Waals surface area contributed by atoms with E-state index in [1.54, 1.807) is 0 Å². The van der Waals surface area contributed by atoms with Gasteiger partial charge in [0.05, 0.1) is 12.6 Å². The normalized spacial score (nSPS) is 13.0. The standard InChI is InChI=1S/C25H25N3O7/c29-22-10-12-28(24(32)27-22)11-9-16(13-34-15-23(30)31)26-25(33)35-14-21-19-7-3-1-5-17(19)18-6-2-4-8-20(18)21/h1-8,10,12,16,21H,9,11,13-15H2,(H,26,33)(H,30,31)(H,27,29,32)/t16-/m0/s1. The number of carboxylic acid groups (broad SMARTS) is 1. The highest BCUT2D eigenvalue weighted by atomic mass is 16.5. The largest absolute Gasteiger partial charge is 0.480 e. The van der Waals surface area contributed by atoms with Gasteiger partial charge in [-0.25, -0.2) is 14.4 Å². The number of rotatable bonds is 10. The summed E-state index contributed by atoms with van der Waals surface area (Å²) in [6, 6.07) is 16.6. The van der Waals surface area contributed by atoms with E-state index in [2.05, 4.69) is 10.3 Å². The number of ether oxygens (including phenoxy) is 2. The van der Waals surface area contributed by atoms with E-state index in [1.165, 1.54) is 16.8 Å². The van der Waals surface area contributed by atoms with Gasteiger partial charge in [0.1, 0.15) is 13.2 Å². The maximum Gasteiger partial charge on any atom is 0.407 e. The smallest absolute Gasteiger partial charge is 0.407 e. The first-order valence-corrected chi connectivity index (χ1v) is 11.1. The number of benzene rings is 2. The van der Waals surface area contributed by atoms with Gasteiger partial charge < -0.3 is 24.5 Å². The van der Waals surface area contributed by atoms with Crippen molar-refractivity contribution in [2.45, 2.75) is 24.9 Å². The molecule has 0 aliphatic heterocycles. The first-order valence-electron chi connectivity index (χ1n) is 11.1. The Balaban J connectivity index is 1.39. The fourth-order valence-electron chi connectivity index (χ4n) is 4.21. The summed E-state index contributed by atoms with van der Waals surface area (Å²) in [7, 11) is 0. The number of carboxylic acids is 1. The monoisotopic (exact) mass is 479 g/mol. The number of aromatic nitrogens is 2. The number of hydrogen-bond acceptors (Lipinski definition) is 6. The lowest BCUT2D eigenvalue weighted by Crippen LogP contribution is -2.41. The number of carbonyl (C=O) groups excluding carboxylic acids is 1. The van der Waals surface area contributed by atoms with Gasteiger partial charge in [-0.05, 0) is 28.7 Å². The number of nitrogens with one attached hydrogen (secondary N) is 2. The number of carbonyl (C=O) groups is 2. The first kappa shape index (κ1) is 24.0. The summed E-state index contributed by atoms with van der Waals surface area (Å²) >= 11 is 0. The minimum atomic E-state index is -1.14. The van der Waals surface area contributed by atoms with E-state index in [0.29, 0.717) is 0 Å². The summed E-state index contributed by atoms with van der Waals surface area (Å²) in [5.41, 5.74) is 3.31. The molecule has 1 atom stereocenters. The average Bonchev–Trinajstić information content (AvgIpc) is 3.15. The van der Waals surface area contributed by atoms with Crippen molar-refractivity contribution in [2.24, 2.45) is 0 Å². The van der Waals surface area contributed by atoms with Gasteiger partial charge in [0.2, 0.25) is 0 Å². The lowest BCUT2D eigenvalue weighted by Gasteiger charge is -2.20. The molecular weight excluding hydrogens is 454 g/mol. The van der Waals surface area contributed by atoms with Crippen LogP contribution in [0.4, 0.5) is 4.79 Å². The van der Waals surface area contributed by atoms with Gasteiger partial charge in [-0.3, -0.25) is 9.78 Å². The number of aliphatic carboxylic acids is 1. The van der Waals surface area contributed by atoms with Crippen LogP contribution in [0.15, 0.2) is 70.4 Å². The number of alkyl carbamates (subject to hydrolysis) is 1. The summed E-state index contributed by atoms with van der Waals surface area (Å²) in [6.45, 7) is -0.321. The Morgan fingerprint density at radius 2 is 1.69 bits per heavy atom. The van der Waals surface area contributed by atoms with E-state index in [9.17, 15) is 19.2 Å². The van der Waals surface area contributed by atoms with E-state index in [-0.39, 0.29) is 32.1 Å². The van der Waals surface area contributed by atoms with Gasteiger partial charge in [-0.1, -0.05) is 48.5 Å². The molecule has 4 rings (SSSR count). The molecule has 3 aromatic rings. The molecule has 182 valence electrons. The lowest BCUT2D eigenvalue weighted by atomic mass is 9.98. The minimum absolute atomic E-state index is 0.0887. The zero-order chi connectivity index (χ0) is 24.8. The summed E-state index contributed by atoms with van der Waals surface area (Å²) in [4.78, 5) is 48.7. The molecule has 2 aromatic carbocycles. The molecule has 35 heavy (non-hydrogen) atoms. The highest BCUT2D eigenvalue weighted by Gasteiger charge is 2.29. The molecule has 3 N–H and O–H groups in total. The number of aryl methyl sites for hydroxylation is 1. The number of aromatic amines is 1. The molecule has 0 spiro atoms. The molecule has 0 unspecified atom stereocenters. The van der Waals surface area contributed by atoms with E-state index < -0.39 is 36.0 Å². The number of H-pyrrole nitrogens is 1. The molecule has 0 saturated heterocycles. The van der Waals surface area contributed by atoms with Crippen molar-refractivity contribution in [3.05, 3.63) is 92.8 Å². The highest BCUT2D eigenvalue weighted by Crippen LogP contribution is 2.44. The second kappa shape index (κ2) is 10.8. The Kier molecular flexibility index (Phi) is 7.41. The van der Waals surface area contributed by atoms with Crippen LogP contribution >= 0.6 is 0 Å². The molecule has 1 heterocycles. The van der Waals surface area contributed by atoms with Crippen molar-refractivity contribution >= 4 is 12.1 Å². The van der Waals surface area contributed by atoms with E-state index in [4.69, 9.17) is 14.6 Å². The summed E-state index contributed by atoms with van der Waals surface area (Å²) < 4.78 is 12.0. The van der Waals surface area contributed by atoms with E-state index >= 15 is 0 Å². The summed E-state index contributed by atoms with van der Waals surface area (Å²) in [5, 5.41) is 11.5. The highest BCUT2D eigenvalue weighted by molar-refractivity contribution is 5.79. The van der Waals surface area contributed by atoms with Gasteiger partial charge in [0.15, 0.2) is 0 Å². The predicted octanol–water partition coefficient (Wildman–Crippen LogP) is 1.94. The SMILES string of the molecule is O=C(O)COC[C@H](CCn1ccc(=O)[nH]c1=O)NC(=O)OCC1c2ccccc2-c2ccccc21. The van der Waals surface area contributed by atoms with Crippen LogP contribution in [0.1, 0.15) is 23.5 Å². The third-order valence-electron chi connectivity index (χ3n) is 5.83. The first-order chi connectivity index (χ1) is 16.9. The summed E-state index contributed by atoms with van der Waals surface area (Å²) in [6.07, 6.45) is 0.920. The maximum absolute atomic E-state index is 12.6. The number of fused-ring (bicyclic) bond motifs is 3. The van der Waals surface area contributed by atoms with E-state index in [1.807, 2.05) is 48.5 Å². The van der Waals surface area contributed by atoms with Gasteiger partial charge in [-0.15, -0.1) is 0 Å². The molecule has 10 heteroatoms. The van der Waals surface area contributed by atoms with Crippen LogP contribution < -0.4 is 16.6 Å². The quantitative estimate of drug-likeness (QED) is 0.404. The van der Waals surface area contributed by atoms with E-state index in [0.717, 1.165) is 22.3 Å². The van der Waals surface area contributed by atoms with Crippen LogP contribution in [0.25, 0.3) is 11.1 Å². The van der Waals surface area contributed by atoms with Crippen LogP contribution in [0.5, 0.6) is 0 Å². The van der Waals surface area contributed by atoms with Crippen molar-refractivity contribution in [2.75, 3.05) is 19.8 Å². The molecule has 1 aliphatic carbocycles. The fraction of sp³-hybridized carbons (Fsp3) is 0.280. The van der Waals surface area contributed by atoms with Crippen LogP contribution in [0.3, 0.4) is 0 Å². The van der Waals surface area contributed by atoms with Crippen molar-refractivity contribution in [3.63, 3.8) is 0 Å². The Labute approximate surface area is 200 Å². The second-order valence-corrected chi connectivity index (χ2v) is 8.17. The average molecular weight is 479 g/mol. The Morgan fingerprint density at radius 3 is 2.31 bits per heavy atom. The molecule has 0 radical (unpaired) electrons. The molecular formula is C25H25N3O7. The molecule has 1 amide bonds. The maximum atomic E-state index is 12.6. The third kappa shape index (κ3) is 5.85. The Bertz CT molecular complexity index is 1290. The topological polar surface area (TPSA) is 140 Å². The molecule has 0 bridgehead atoms. The molecule has 10 nitrogen and oxygen atoms in total. The van der Waals surface area contributed by atoms with Crippen molar-refractivity contribution in [3.8, 4) is 11.1 Å². The molecule has 1 aliphatic rings. The third-order valence-corrected chi connectivity index (χ3v) is 5.83. The van der Waals surface area contributed by atoms with Gasteiger partial charge in [0.25, 0.3) is 5.56 Å². The van der Waals surface area contributed by atoms with Crippen LogP contribution in [0, 0.1) is 0 Å². The van der Waals surface area contributed by atoms with Gasteiger partial charge in [0, 0.05) is 24.7 Å². The second-order valence-electron chi connectivity index (χ2n) is 8.17. The van der Waals surface area contributed by atoms with Crippen LogP contribution in [-0.2, 0) is 20.8 Å². The Hall–Kier alpha value is -4.18. The summed E-state index contributed by atoms with van der Waals surface area (Å²) in [5.74, 6) is -1.24. The minimum Gasteiger partial charge on any atom is -0.480 e. The van der Waals surface area contributed by atoms with Crippen LogP contribution in [0.2, 0.25) is 0 Å². The zero-order valence-electron chi connectivity index (χ0n) is 18.8. The van der Waals surface area contributed by atoms with Crippen LogP contribution in [-0.4, -0.2) is 52.6 Å². The molecule has 1 aromatic heterocycles. The molecule has 0 saturated carbocycles. The van der Waals surface area contributed by atoms with Crippen molar-refractivity contribution in [1.82, 2.24) is 14.9 Å². The lowest BCUT2D eigenvalue weighted by molar-refractivity contribution is -0.142. The van der Waals surface area contributed by atoms with Crippen molar-refractivity contribution in [1.29, 1.82) is 0 Å². The Morgan fingerprint density at radius 1 is 1.03 bits per heavy atom. The fourth-order valence-corrected chi connectivity index (χ4v) is 4.21. The predicted molar refractivity (Wildman–Crippen MR) is 126 cm³/mol. The number of amides is 1. The zero-order valence-corrected chi connectivity index (χ0v) is 18.8. The number of hydrogen-bond donors (Lipinski definition) is 3. The van der Waals surface area contributed by atoms with Gasteiger partial charge in [-0.2, -0.15) is 0 Å².